The number of benzene rings is 2. The largest absolute Gasteiger partial charge is 0.342 e. The van der Waals surface area contributed by atoms with E-state index in [-0.39, 0.29) is 11.3 Å². The van der Waals surface area contributed by atoms with Crippen LogP contribution < -0.4 is 0 Å². The molecule has 2 saturated heterocycles. The molecule has 6 nitrogen and oxygen atoms in total. The molecule has 0 bridgehead atoms. The number of piperidine rings is 1. The number of aromatic nitrogens is 3. The van der Waals surface area contributed by atoms with Crippen molar-refractivity contribution in [2.24, 2.45) is 12.5 Å². The molecule has 0 saturated carbocycles. The van der Waals surface area contributed by atoms with Gasteiger partial charge >= 0.3 is 0 Å². The molecule has 1 atom stereocenters. The van der Waals surface area contributed by atoms with Crippen LogP contribution in [0.3, 0.4) is 0 Å². The molecule has 1 amide bonds. The minimum absolute atomic E-state index is 0.134. The molecule has 2 aliphatic rings. The highest BCUT2D eigenvalue weighted by molar-refractivity contribution is 5.79. The van der Waals surface area contributed by atoms with Gasteiger partial charge in [0.2, 0.25) is 5.91 Å². The first-order valence-corrected chi connectivity index (χ1v) is 12.0. The summed E-state index contributed by atoms with van der Waals surface area (Å²) in [6, 6.07) is 18.9. The van der Waals surface area contributed by atoms with Crippen LogP contribution in [-0.4, -0.2) is 56.7 Å². The van der Waals surface area contributed by atoms with Crippen molar-refractivity contribution in [1.29, 1.82) is 0 Å². The number of rotatable bonds is 5. The smallest absolute Gasteiger partial charge is 0.226 e. The SMILES string of the molecule is Cc1ccccc1CC(=O)N1CCC2(CC1)CN(Cc1ccccc1)CC2c1nncn1C. The Labute approximate surface area is 196 Å². The average Bonchev–Trinajstić information content (AvgIpc) is 3.39. The van der Waals surface area contributed by atoms with Gasteiger partial charge in [0.15, 0.2) is 0 Å². The number of hydrogen-bond acceptors (Lipinski definition) is 4. The minimum atomic E-state index is 0.134. The highest BCUT2D eigenvalue weighted by atomic mass is 16.2. The molecule has 0 aliphatic carbocycles. The summed E-state index contributed by atoms with van der Waals surface area (Å²) in [5, 5.41) is 8.70. The number of carbonyl (C=O) groups excluding carboxylic acids is 1. The topological polar surface area (TPSA) is 54.3 Å². The molecule has 3 heterocycles. The summed E-state index contributed by atoms with van der Waals surface area (Å²) in [4.78, 5) is 17.7. The third kappa shape index (κ3) is 4.44. The fourth-order valence-electron chi connectivity index (χ4n) is 5.79. The molecule has 6 heteroatoms. The molecule has 0 radical (unpaired) electrons. The van der Waals surface area contributed by atoms with Crippen LogP contribution in [0, 0.1) is 12.3 Å². The van der Waals surface area contributed by atoms with E-state index >= 15 is 0 Å². The molecule has 5 rings (SSSR count). The van der Waals surface area contributed by atoms with Gasteiger partial charge in [-0.05, 0) is 41.9 Å². The Hall–Kier alpha value is -2.99. The van der Waals surface area contributed by atoms with Gasteiger partial charge in [0.1, 0.15) is 12.2 Å². The number of nitrogens with zero attached hydrogens (tertiary/aromatic N) is 5. The number of hydrogen-bond donors (Lipinski definition) is 0. The zero-order valence-corrected chi connectivity index (χ0v) is 19.7. The van der Waals surface area contributed by atoms with Crippen molar-refractivity contribution in [2.75, 3.05) is 26.2 Å². The van der Waals surface area contributed by atoms with E-state index in [1.165, 1.54) is 11.1 Å². The maximum atomic E-state index is 13.1. The number of amides is 1. The first-order valence-electron chi connectivity index (χ1n) is 12.0. The maximum Gasteiger partial charge on any atom is 0.226 e. The fraction of sp³-hybridized carbons (Fsp3) is 0.444. The molecule has 1 aromatic heterocycles. The van der Waals surface area contributed by atoms with E-state index in [1.54, 1.807) is 0 Å². The van der Waals surface area contributed by atoms with Crippen molar-refractivity contribution in [1.82, 2.24) is 24.6 Å². The molecule has 2 aliphatic heterocycles. The van der Waals surface area contributed by atoms with Gasteiger partial charge in [-0.25, -0.2) is 0 Å². The lowest BCUT2D eigenvalue weighted by Crippen LogP contribution is -2.46. The van der Waals surface area contributed by atoms with Crippen LogP contribution in [0.25, 0.3) is 0 Å². The van der Waals surface area contributed by atoms with E-state index in [9.17, 15) is 4.79 Å². The quantitative estimate of drug-likeness (QED) is 0.605. The first-order chi connectivity index (χ1) is 16.0. The number of carbonyl (C=O) groups is 1. The van der Waals surface area contributed by atoms with E-state index in [0.29, 0.717) is 12.3 Å². The standard InChI is InChI=1S/C27H33N5O/c1-21-8-6-7-11-23(21)16-25(33)32-14-12-27(13-15-32)19-31(17-22-9-4-3-5-10-22)18-24(27)26-29-28-20-30(26)2/h3-11,20,24H,12-19H2,1-2H3. The third-order valence-corrected chi connectivity index (χ3v) is 7.74. The second kappa shape index (κ2) is 9.10. The Bertz CT molecular complexity index is 1100. The summed E-state index contributed by atoms with van der Waals surface area (Å²) in [6.45, 7) is 6.69. The van der Waals surface area contributed by atoms with Crippen molar-refractivity contribution in [3.8, 4) is 0 Å². The predicted octanol–water partition coefficient (Wildman–Crippen LogP) is 3.57. The maximum absolute atomic E-state index is 13.1. The van der Waals surface area contributed by atoms with Gasteiger partial charge < -0.3 is 9.47 Å². The Morgan fingerprint density at radius 1 is 1.06 bits per heavy atom. The highest BCUT2D eigenvalue weighted by Gasteiger charge is 2.50. The molecular formula is C27H33N5O. The molecule has 2 fully saturated rings. The molecule has 1 spiro atoms. The lowest BCUT2D eigenvalue weighted by Gasteiger charge is -2.42. The van der Waals surface area contributed by atoms with Crippen LogP contribution in [0.15, 0.2) is 60.9 Å². The number of aryl methyl sites for hydroxylation is 2. The van der Waals surface area contributed by atoms with Crippen molar-refractivity contribution in [3.63, 3.8) is 0 Å². The van der Waals surface area contributed by atoms with Crippen molar-refractivity contribution >= 4 is 5.91 Å². The van der Waals surface area contributed by atoms with Gasteiger partial charge in [-0.2, -0.15) is 0 Å². The van der Waals surface area contributed by atoms with Crippen molar-refractivity contribution in [2.45, 2.75) is 38.6 Å². The zero-order valence-electron chi connectivity index (χ0n) is 19.7. The molecule has 1 unspecified atom stereocenters. The van der Waals surface area contributed by atoms with Gasteiger partial charge in [0.25, 0.3) is 0 Å². The Kier molecular flexibility index (Phi) is 6.02. The van der Waals surface area contributed by atoms with Crippen LogP contribution in [-0.2, 0) is 24.8 Å². The van der Waals surface area contributed by atoms with E-state index in [0.717, 1.165) is 57.0 Å². The van der Waals surface area contributed by atoms with Gasteiger partial charge in [0, 0.05) is 45.7 Å². The monoisotopic (exact) mass is 443 g/mol. The summed E-state index contributed by atoms with van der Waals surface area (Å²) < 4.78 is 2.08. The molecule has 2 aromatic carbocycles. The Morgan fingerprint density at radius 3 is 2.48 bits per heavy atom. The van der Waals surface area contributed by atoms with Crippen LogP contribution in [0.2, 0.25) is 0 Å². The van der Waals surface area contributed by atoms with E-state index in [2.05, 4.69) is 74.0 Å². The Morgan fingerprint density at radius 2 is 1.79 bits per heavy atom. The Balaban J connectivity index is 1.31. The summed E-state index contributed by atoms with van der Waals surface area (Å²) in [7, 11) is 2.05. The van der Waals surface area contributed by atoms with E-state index < -0.39 is 0 Å². The normalized spacial score (nSPS) is 20.4. The second-order valence-electron chi connectivity index (χ2n) is 9.85. The number of likely N-dealkylation sites (tertiary alicyclic amines) is 2. The summed E-state index contributed by atoms with van der Waals surface area (Å²) in [6.07, 6.45) is 4.32. The predicted molar refractivity (Wildman–Crippen MR) is 129 cm³/mol. The van der Waals surface area contributed by atoms with Crippen molar-refractivity contribution in [3.05, 3.63) is 83.4 Å². The zero-order chi connectivity index (χ0) is 22.8. The van der Waals surface area contributed by atoms with Crippen LogP contribution in [0.4, 0.5) is 0 Å². The molecule has 172 valence electrons. The van der Waals surface area contributed by atoms with E-state index in [4.69, 9.17) is 0 Å². The molecule has 33 heavy (non-hydrogen) atoms. The third-order valence-electron chi connectivity index (χ3n) is 7.74. The van der Waals surface area contributed by atoms with Crippen LogP contribution in [0.5, 0.6) is 0 Å². The van der Waals surface area contributed by atoms with Gasteiger partial charge in [-0.3, -0.25) is 9.69 Å². The van der Waals surface area contributed by atoms with Crippen LogP contribution in [0.1, 0.15) is 41.3 Å². The lowest BCUT2D eigenvalue weighted by molar-refractivity contribution is -0.132. The summed E-state index contributed by atoms with van der Waals surface area (Å²) >= 11 is 0. The van der Waals surface area contributed by atoms with Crippen LogP contribution >= 0.6 is 0 Å². The van der Waals surface area contributed by atoms with Gasteiger partial charge in [0.05, 0.1) is 6.42 Å². The second-order valence-corrected chi connectivity index (χ2v) is 9.85. The van der Waals surface area contributed by atoms with Gasteiger partial charge in [-0.15, -0.1) is 10.2 Å². The summed E-state index contributed by atoms with van der Waals surface area (Å²) in [5.74, 6) is 1.65. The first kappa shape index (κ1) is 21.8. The highest BCUT2D eigenvalue weighted by Crippen LogP contribution is 2.49. The average molecular weight is 444 g/mol. The van der Waals surface area contributed by atoms with E-state index in [1.807, 2.05) is 25.5 Å². The molecule has 3 aromatic rings. The minimum Gasteiger partial charge on any atom is -0.342 e. The van der Waals surface area contributed by atoms with Gasteiger partial charge in [-0.1, -0.05) is 54.6 Å². The van der Waals surface area contributed by atoms with Crippen molar-refractivity contribution < 1.29 is 4.79 Å². The fourth-order valence-corrected chi connectivity index (χ4v) is 5.79. The molecule has 0 N–H and O–H groups in total. The lowest BCUT2D eigenvalue weighted by atomic mass is 9.70. The molecular weight excluding hydrogens is 410 g/mol. The summed E-state index contributed by atoms with van der Waals surface area (Å²) in [5.41, 5.74) is 3.80.